The van der Waals surface area contributed by atoms with Crippen LogP contribution in [0.3, 0.4) is 0 Å². The predicted octanol–water partition coefficient (Wildman–Crippen LogP) is 3.48. The van der Waals surface area contributed by atoms with E-state index >= 15 is 0 Å². The maximum Gasteiger partial charge on any atom is 0.394 e. The molecule has 0 bridgehead atoms. The molecule has 0 spiro atoms. The third kappa shape index (κ3) is 2.29. The zero-order valence-corrected chi connectivity index (χ0v) is 9.92. The zero-order valence-electron chi connectivity index (χ0n) is 9.92. The van der Waals surface area contributed by atoms with Crippen molar-refractivity contribution in [2.24, 2.45) is 0 Å². The normalized spacial score (nSPS) is 9.67. The van der Waals surface area contributed by atoms with Gasteiger partial charge in [-0.2, -0.15) is 4.98 Å². The zero-order chi connectivity index (χ0) is 11.4. The first-order chi connectivity index (χ1) is 7.20. The van der Waals surface area contributed by atoms with Gasteiger partial charge in [-0.05, 0) is 31.0 Å². The van der Waals surface area contributed by atoms with Crippen LogP contribution in [-0.2, 0) is 0 Å². The smallest absolute Gasteiger partial charge is 0.394 e. The van der Waals surface area contributed by atoms with Crippen LogP contribution in [0.2, 0.25) is 0 Å². The molecule has 3 nitrogen and oxygen atoms in total. The number of rotatable bonds is 1. The van der Waals surface area contributed by atoms with Gasteiger partial charge in [0.2, 0.25) is 0 Å². The summed E-state index contributed by atoms with van der Waals surface area (Å²) in [5, 5.41) is 0. The standard InChI is InChI=1S/C10H11NO2.C2H6/c1-6-4-7(2)9-8(5-6)11-10(12-3)13-9;1-2/h4-5H,1-3H3;1-2H3. The minimum Gasteiger partial charge on any atom is -0.453 e. The third-order valence-electron chi connectivity index (χ3n) is 1.98. The van der Waals surface area contributed by atoms with Crippen molar-refractivity contribution in [1.82, 2.24) is 4.98 Å². The number of aromatic nitrogens is 1. The molecule has 0 amide bonds. The molecule has 0 aliphatic rings. The summed E-state index contributed by atoms with van der Waals surface area (Å²) in [6, 6.07) is 4.04. The molecule has 1 heterocycles. The van der Waals surface area contributed by atoms with Gasteiger partial charge < -0.3 is 9.15 Å². The van der Waals surface area contributed by atoms with Gasteiger partial charge in [0.25, 0.3) is 0 Å². The molecule has 2 aromatic rings. The van der Waals surface area contributed by atoms with Crippen LogP contribution in [-0.4, -0.2) is 12.1 Å². The van der Waals surface area contributed by atoms with Crippen LogP contribution < -0.4 is 4.74 Å². The number of fused-ring (bicyclic) bond motifs is 1. The maximum absolute atomic E-state index is 5.37. The highest BCUT2D eigenvalue weighted by Gasteiger charge is 2.07. The van der Waals surface area contributed by atoms with E-state index in [4.69, 9.17) is 9.15 Å². The SMILES string of the molecule is CC.COc1nc2cc(C)cc(C)c2o1. The van der Waals surface area contributed by atoms with Gasteiger partial charge in [-0.25, -0.2) is 0 Å². The minimum absolute atomic E-state index is 0.323. The maximum atomic E-state index is 5.37. The van der Waals surface area contributed by atoms with Gasteiger partial charge in [0.15, 0.2) is 5.58 Å². The Labute approximate surface area is 90.1 Å². The lowest BCUT2D eigenvalue weighted by Crippen LogP contribution is -1.79. The van der Waals surface area contributed by atoms with Crippen LogP contribution in [0.25, 0.3) is 11.1 Å². The average Bonchev–Trinajstić information content (AvgIpc) is 2.64. The highest BCUT2D eigenvalue weighted by atomic mass is 16.6. The lowest BCUT2D eigenvalue weighted by Gasteiger charge is -1.94. The summed E-state index contributed by atoms with van der Waals surface area (Å²) in [5.74, 6) is 0. The number of ether oxygens (including phenoxy) is 1. The average molecular weight is 207 g/mol. The Hall–Kier alpha value is -1.51. The quantitative estimate of drug-likeness (QED) is 0.718. The highest BCUT2D eigenvalue weighted by Crippen LogP contribution is 2.24. The molecule has 0 radical (unpaired) electrons. The Balaban J connectivity index is 0.000000531. The first kappa shape index (κ1) is 11.6. The number of hydrogen-bond acceptors (Lipinski definition) is 3. The predicted molar refractivity (Wildman–Crippen MR) is 61.4 cm³/mol. The monoisotopic (exact) mass is 207 g/mol. The molecule has 15 heavy (non-hydrogen) atoms. The lowest BCUT2D eigenvalue weighted by atomic mass is 10.1. The van der Waals surface area contributed by atoms with E-state index in [2.05, 4.69) is 11.1 Å². The van der Waals surface area contributed by atoms with Crippen LogP contribution in [0.5, 0.6) is 6.08 Å². The largest absolute Gasteiger partial charge is 0.453 e. The summed E-state index contributed by atoms with van der Waals surface area (Å²) in [6.07, 6.45) is 0.323. The molecule has 3 heteroatoms. The van der Waals surface area contributed by atoms with E-state index in [-0.39, 0.29) is 0 Å². The Morgan fingerprint density at radius 1 is 1.20 bits per heavy atom. The summed E-state index contributed by atoms with van der Waals surface area (Å²) >= 11 is 0. The van der Waals surface area contributed by atoms with E-state index in [1.807, 2.05) is 33.8 Å². The Morgan fingerprint density at radius 2 is 1.87 bits per heavy atom. The van der Waals surface area contributed by atoms with E-state index in [1.165, 1.54) is 5.56 Å². The second-order valence-corrected chi connectivity index (χ2v) is 3.11. The van der Waals surface area contributed by atoms with Crippen molar-refractivity contribution < 1.29 is 9.15 Å². The molecule has 0 atom stereocenters. The van der Waals surface area contributed by atoms with Gasteiger partial charge >= 0.3 is 6.08 Å². The minimum atomic E-state index is 0.323. The highest BCUT2D eigenvalue weighted by molar-refractivity contribution is 5.77. The molecule has 0 fully saturated rings. The fraction of sp³-hybridized carbons (Fsp3) is 0.417. The number of nitrogens with zero attached hydrogens (tertiary/aromatic N) is 1. The summed E-state index contributed by atoms with van der Waals surface area (Å²) < 4.78 is 10.3. The lowest BCUT2D eigenvalue weighted by molar-refractivity contribution is 0.299. The molecule has 0 saturated carbocycles. The van der Waals surface area contributed by atoms with Crippen LogP contribution in [0, 0.1) is 13.8 Å². The summed E-state index contributed by atoms with van der Waals surface area (Å²) in [5.41, 5.74) is 3.93. The number of oxazole rings is 1. The summed E-state index contributed by atoms with van der Waals surface area (Å²) in [7, 11) is 1.55. The van der Waals surface area contributed by atoms with Crippen LogP contribution >= 0.6 is 0 Å². The molecule has 0 N–H and O–H groups in total. The topological polar surface area (TPSA) is 35.3 Å². The molecule has 0 saturated heterocycles. The Kier molecular flexibility index (Phi) is 3.72. The summed E-state index contributed by atoms with van der Waals surface area (Å²) in [4.78, 5) is 4.16. The van der Waals surface area contributed by atoms with Gasteiger partial charge in [0.05, 0.1) is 7.11 Å². The molecular formula is C12H17NO2. The first-order valence-corrected chi connectivity index (χ1v) is 5.12. The van der Waals surface area contributed by atoms with E-state index in [0.717, 1.165) is 16.7 Å². The molecule has 0 aliphatic heterocycles. The summed E-state index contributed by atoms with van der Waals surface area (Å²) in [6.45, 7) is 8.04. The van der Waals surface area contributed by atoms with Crippen molar-refractivity contribution in [3.63, 3.8) is 0 Å². The molecule has 82 valence electrons. The molecule has 1 aromatic heterocycles. The molecule has 0 unspecified atom stereocenters. The molecule has 0 aliphatic carbocycles. The number of aryl methyl sites for hydroxylation is 2. The van der Waals surface area contributed by atoms with Crippen molar-refractivity contribution in [1.29, 1.82) is 0 Å². The molecular weight excluding hydrogens is 190 g/mol. The Bertz CT molecular complexity index is 446. The van der Waals surface area contributed by atoms with Crippen molar-refractivity contribution in [3.05, 3.63) is 23.3 Å². The van der Waals surface area contributed by atoms with Gasteiger partial charge in [-0.1, -0.05) is 19.9 Å². The van der Waals surface area contributed by atoms with Crippen molar-refractivity contribution in [2.75, 3.05) is 7.11 Å². The van der Waals surface area contributed by atoms with E-state index in [1.54, 1.807) is 7.11 Å². The van der Waals surface area contributed by atoms with Crippen molar-refractivity contribution in [3.8, 4) is 6.08 Å². The van der Waals surface area contributed by atoms with Crippen LogP contribution in [0.15, 0.2) is 16.5 Å². The van der Waals surface area contributed by atoms with Gasteiger partial charge in [-0.15, -0.1) is 0 Å². The van der Waals surface area contributed by atoms with Crippen LogP contribution in [0.1, 0.15) is 25.0 Å². The fourth-order valence-electron chi connectivity index (χ4n) is 1.44. The van der Waals surface area contributed by atoms with E-state index in [0.29, 0.717) is 6.08 Å². The number of methoxy groups -OCH3 is 1. The first-order valence-electron chi connectivity index (χ1n) is 5.12. The Morgan fingerprint density at radius 3 is 2.47 bits per heavy atom. The number of benzene rings is 1. The van der Waals surface area contributed by atoms with Gasteiger partial charge in [0.1, 0.15) is 5.52 Å². The van der Waals surface area contributed by atoms with Crippen LogP contribution in [0.4, 0.5) is 0 Å². The van der Waals surface area contributed by atoms with E-state index < -0.39 is 0 Å². The second-order valence-electron chi connectivity index (χ2n) is 3.11. The number of hydrogen-bond donors (Lipinski definition) is 0. The second kappa shape index (κ2) is 4.82. The van der Waals surface area contributed by atoms with Gasteiger partial charge in [0, 0.05) is 0 Å². The fourth-order valence-corrected chi connectivity index (χ4v) is 1.44. The van der Waals surface area contributed by atoms with Crippen molar-refractivity contribution in [2.45, 2.75) is 27.7 Å². The third-order valence-corrected chi connectivity index (χ3v) is 1.98. The molecule has 2 rings (SSSR count). The van der Waals surface area contributed by atoms with Gasteiger partial charge in [-0.3, -0.25) is 0 Å². The molecule has 1 aromatic carbocycles. The van der Waals surface area contributed by atoms with E-state index in [9.17, 15) is 0 Å². The van der Waals surface area contributed by atoms with Crippen molar-refractivity contribution >= 4 is 11.1 Å².